The number of benzene rings is 2. The van der Waals surface area contributed by atoms with Gasteiger partial charge in [0.1, 0.15) is 17.8 Å². The first-order valence-corrected chi connectivity index (χ1v) is 10.1. The van der Waals surface area contributed by atoms with E-state index >= 15 is 0 Å². The summed E-state index contributed by atoms with van der Waals surface area (Å²) in [6.45, 7) is 0.308. The van der Waals surface area contributed by atoms with Crippen molar-refractivity contribution in [3.8, 4) is 5.75 Å². The number of hydrogen-bond donors (Lipinski definition) is 2. The van der Waals surface area contributed by atoms with Crippen molar-refractivity contribution in [3.63, 3.8) is 0 Å². The molecular weight excluding hydrogens is 406 g/mol. The average Bonchev–Trinajstić information content (AvgIpc) is 3.17. The molecule has 2 aromatic carbocycles. The lowest BCUT2D eigenvalue weighted by atomic mass is 10.0. The van der Waals surface area contributed by atoms with Crippen molar-refractivity contribution in [2.75, 3.05) is 13.7 Å². The highest BCUT2D eigenvalue weighted by atomic mass is 35.5. The van der Waals surface area contributed by atoms with Gasteiger partial charge in [0, 0.05) is 29.6 Å². The Hall–Kier alpha value is -3.06. The minimum absolute atomic E-state index is 0.130. The monoisotopic (exact) mass is 427 g/mol. The summed E-state index contributed by atoms with van der Waals surface area (Å²) in [7, 11) is 1.59. The van der Waals surface area contributed by atoms with Gasteiger partial charge in [-0.15, -0.1) is 0 Å². The van der Waals surface area contributed by atoms with E-state index in [1.807, 2.05) is 24.3 Å². The Balaban J connectivity index is 1.41. The van der Waals surface area contributed by atoms with Crippen molar-refractivity contribution < 1.29 is 19.1 Å². The quantitative estimate of drug-likeness (QED) is 0.761. The van der Waals surface area contributed by atoms with E-state index in [1.165, 1.54) is 0 Å². The van der Waals surface area contributed by atoms with Crippen LogP contribution in [-0.4, -0.2) is 54.4 Å². The molecule has 0 radical (unpaired) electrons. The molecule has 0 bridgehead atoms. The second-order valence-electron chi connectivity index (χ2n) is 7.54. The molecule has 0 aliphatic carbocycles. The van der Waals surface area contributed by atoms with Crippen LogP contribution in [0.4, 0.5) is 0 Å². The van der Waals surface area contributed by atoms with Crippen LogP contribution in [0.15, 0.2) is 48.5 Å². The molecule has 7 nitrogen and oxygen atoms in total. The van der Waals surface area contributed by atoms with E-state index in [4.69, 9.17) is 16.3 Å². The first-order valence-electron chi connectivity index (χ1n) is 9.75. The summed E-state index contributed by atoms with van der Waals surface area (Å²) in [6.07, 6.45) is 0.788. The molecule has 3 atom stereocenters. The Bertz CT molecular complexity index is 979. The smallest absolute Gasteiger partial charge is 0.251 e. The van der Waals surface area contributed by atoms with E-state index in [0.29, 0.717) is 30.0 Å². The zero-order chi connectivity index (χ0) is 21.3. The molecule has 0 aromatic heterocycles. The third kappa shape index (κ3) is 4.11. The molecule has 4 rings (SSSR count). The Labute approximate surface area is 179 Å². The van der Waals surface area contributed by atoms with Gasteiger partial charge in [0.25, 0.3) is 5.91 Å². The summed E-state index contributed by atoms with van der Waals surface area (Å²) in [6, 6.07) is 12.6. The fraction of sp³-hybridized carbons (Fsp3) is 0.318. The minimum atomic E-state index is -0.621. The van der Waals surface area contributed by atoms with Crippen LogP contribution >= 0.6 is 11.6 Å². The van der Waals surface area contributed by atoms with E-state index < -0.39 is 12.1 Å². The number of fused-ring (bicyclic) bond motifs is 1. The molecule has 0 saturated carbocycles. The summed E-state index contributed by atoms with van der Waals surface area (Å²) in [5.74, 6) is 0.142. The molecule has 2 fully saturated rings. The van der Waals surface area contributed by atoms with Crippen molar-refractivity contribution in [2.24, 2.45) is 0 Å². The van der Waals surface area contributed by atoms with Crippen molar-refractivity contribution in [1.82, 2.24) is 15.5 Å². The summed E-state index contributed by atoms with van der Waals surface area (Å²) in [5.41, 5.74) is 1.37. The normalized spacial score (nSPS) is 23.0. The van der Waals surface area contributed by atoms with Crippen LogP contribution in [0.3, 0.4) is 0 Å². The fourth-order valence-electron chi connectivity index (χ4n) is 4.00. The summed E-state index contributed by atoms with van der Waals surface area (Å²) < 4.78 is 5.15. The number of piperazine rings is 1. The van der Waals surface area contributed by atoms with E-state index in [0.717, 1.165) is 11.3 Å². The Kier molecular flexibility index (Phi) is 5.63. The van der Waals surface area contributed by atoms with Crippen molar-refractivity contribution in [3.05, 3.63) is 64.7 Å². The SMILES string of the molecule is COc1ccc(C[C@@H]2NC(=O)[C@@H]3C[C@H](NC(=O)c4cccc(Cl)c4)CN3C2=O)cc1. The van der Waals surface area contributed by atoms with Crippen molar-refractivity contribution >= 4 is 29.3 Å². The van der Waals surface area contributed by atoms with Crippen LogP contribution in [0.2, 0.25) is 5.02 Å². The largest absolute Gasteiger partial charge is 0.497 e. The number of methoxy groups -OCH3 is 1. The van der Waals surface area contributed by atoms with Crippen LogP contribution in [0.5, 0.6) is 5.75 Å². The van der Waals surface area contributed by atoms with Gasteiger partial charge in [0.15, 0.2) is 0 Å². The standard InChI is InChI=1S/C22H22ClN3O4/c1-30-17-7-5-13(6-8-17)9-18-22(29)26-12-16(11-19(26)21(28)25-18)24-20(27)14-3-2-4-15(23)10-14/h2-8,10,16,18-19H,9,11-12H2,1H3,(H,24,27)(H,25,28)/t16-,18-,19-/m0/s1. The molecule has 30 heavy (non-hydrogen) atoms. The Morgan fingerprint density at radius 1 is 1.23 bits per heavy atom. The van der Waals surface area contributed by atoms with Crippen molar-refractivity contribution in [1.29, 1.82) is 0 Å². The maximum absolute atomic E-state index is 13.0. The fourth-order valence-corrected chi connectivity index (χ4v) is 4.19. The van der Waals surface area contributed by atoms with Gasteiger partial charge in [-0.2, -0.15) is 0 Å². The van der Waals surface area contributed by atoms with Crippen LogP contribution in [0, 0.1) is 0 Å². The number of rotatable bonds is 5. The summed E-state index contributed by atoms with van der Waals surface area (Å²) >= 11 is 5.95. The average molecular weight is 428 g/mol. The molecule has 2 aromatic rings. The highest BCUT2D eigenvalue weighted by molar-refractivity contribution is 6.30. The van der Waals surface area contributed by atoms with Crippen LogP contribution in [0.1, 0.15) is 22.3 Å². The number of halogens is 1. The maximum atomic E-state index is 13.0. The lowest BCUT2D eigenvalue weighted by Crippen LogP contribution is -2.61. The number of nitrogens with zero attached hydrogens (tertiary/aromatic N) is 1. The van der Waals surface area contributed by atoms with Crippen LogP contribution < -0.4 is 15.4 Å². The second-order valence-corrected chi connectivity index (χ2v) is 7.97. The van der Waals surface area contributed by atoms with Gasteiger partial charge in [0.2, 0.25) is 11.8 Å². The molecule has 8 heteroatoms. The second kappa shape index (κ2) is 8.36. The van der Waals surface area contributed by atoms with Gasteiger partial charge in [-0.3, -0.25) is 14.4 Å². The van der Waals surface area contributed by atoms with E-state index in [9.17, 15) is 14.4 Å². The molecule has 2 N–H and O–H groups in total. The van der Waals surface area contributed by atoms with E-state index in [-0.39, 0.29) is 23.8 Å². The zero-order valence-corrected chi connectivity index (χ0v) is 17.2. The molecular formula is C22H22ClN3O4. The van der Waals surface area contributed by atoms with Gasteiger partial charge in [-0.1, -0.05) is 29.8 Å². The van der Waals surface area contributed by atoms with Gasteiger partial charge in [-0.05, 0) is 42.3 Å². The highest BCUT2D eigenvalue weighted by Gasteiger charge is 2.46. The van der Waals surface area contributed by atoms with Gasteiger partial charge in [-0.25, -0.2) is 0 Å². The number of amides is 3. The molecule has 156 valence electrons. The third-order valence-electron chi connectivity index (χ3n) is 5.52. The van der Waals surface area contributed by atoms with Crippen LogP contribution in [0.25, 0.3) is 0 Å². The predicted octanol–water partition coefficient (Wildman–Crippen LogP) is 1.79. The zero-order valence-electron chi connectivity index (χ0n) is 16.4. The van der Waals surface area contributed by atoms with Gasteiger partial charge < -0.3 is 20.3 Å². The molecule has 0 unspecified atom stereocenters. The summed E-state index contributed by atoms with van der Waals surface area (Å²) in [4.78, 5) is 39.7. The predicted molar refractivity (Wildman–Crippen MR) is 111 cm³/mol. The lowest BCUT2D eigenvalue weighted by molar-refractivity contribution is -0.147. The maximum Gasteiger partial charge on any atom is 0.251 e. The number of ether oxygens (including phenoxy) is 1. The van der Waals surface area contributed by atoms with E-state index in [2.05, 4.69) is 10.6 Å². The van der Waals surface area contributed by atoms with Gasteiger partial charge >= 0.3 is 0 Å². The molecule has 0 spiro atoms. The molecule has 2 saturated heterocycles. The number of carbonyl (C=O) groups excluding carboxylic acids is 3. The van der Waals surface area contributed by atoms with Gasteiger partial charge in [0.05, 0.1) is 7.11 Å². The van der Waals surface area contributed by atoms with Crippen LogP contribution in [-0.2, 0) is 16.0 Å². The first kappa shape index (κ1) is 20.2. The van der Waals surface area contributed by atoms with E-state index in [1.54, 1.807) is 36.3 Å². The topological polar surface area (TPSA) is 87.7 Å². The summed E-state index contributed by atoms with van der Waals surface area (Å²) in [5, 5.41) is 6.22. The Morgan fingerprint density at radius 2 is 2.00 bits per heavy atom. The third-order valence-corrected chi connectivity index (χ3v) is 5.76. The highest BCUT2D eigenvalue weighted by Crippen LogP contribution is 2.25. The number of carbonyl (C=O) groups is 3. The number of hydrogen-bond acceptors (Lipinski definition) is 4. The van der Waals surface area contributed by atoms with Crippen molar-refractivity contribution in [2.45, 2.75) is 31.0 Å². The Morgan fingerprint density at radius 3 is 2.70 bits per heavy atom. The molecule has 2 heterocycles. The molecule has 2 aliphatic rings. The number of nitrogens with one attached hydrogen (secondary N) is 2. The molecule has 3 amide bonds. The molecule has 2 aliphatic heterocycles. The lowest BCUT2D eigenvalue weighted by Gasteiger charge is -2.34. The minimum Gasteiger partial charge on any atom is -0.497 e. The first-order chi connectivity index (χ1) is 14.4.